The van der Waals surface area contributed by atoms with Crippen LogP contribution in [0.3, 0.4) is 0 Å². The molecule has 22 heavy (non-hydrogen) atoms. The van der Waals surface area contributed by atoms with E-state index in [-0.39, 0.29) is 5.89 Å². The molecule has 0 bridgehead atoms. The van der Waals surface area contributed by atoms with Crippen molar-refractivity contribution >= 4 is 29.3 Å². The zero-order chi connectivity index (χ0) is 15.5. The van der Waals surface area contributed by atoms with E-state index in [1.807, 2.05) is 6.07 Å². The SMILES string of the molecule is NC(=O)Nc1cc(-c2cccc(C=O)c2)sc1-c1nnco1. The molecule has 0 fully saturated rings. The molecule has 7 nitrogen and oxygen atoms in total. The van der Waals surface area contributed by atoms with Crippen molar-refractivity contribution < 1.29 is 14.0 Å². The van der Waals surface area contributed by atoms with Gasteiger partial charge in [0.2, 0.25) is 6.39 Å². The minimum absolute atomic E-state index is 0.284. The van der Waals surface area contributed by atoms with Crippen molar-refractivity contribution in [3.63, 3.8) is 0 Å². The first-order valence-electron chi connectivity index (χ1n) is 6.20. The average Bonchev–Trinajstić information content (AvgIpc) is 3.16. The lowest BCUT2D eigenvalue weighted by Gasteiger charge is -1.99. The Morgan fingerprint density at radius 3 is 2.91 bits per heavy atom. The van der Waals surface area contributed by atoms with Crippen molar-refractivity contribution in [3.8, 4) is 21.2 Å². The quantitative estimate of drug-likeness (QED) is 0.719. The van der Waals surface area contributed by atoms with Crippen LogP contribution < -0.4 is 11.1 Å². The highest BCUT2D eigenvalue weighted by molar-refractivity contribution is 7.19. The van der Waals surface area contributed by atoms with E-state index < -0.39 is 6.03 Å². The Morgan fingerprint density at radius 1 is 1.36 bits per heavy atom. The lowest BCUT2D eigenvalue weighted by molar-refractivity contribution is 0.112. The second-order valence-electron chi connectivity index (χ2n) is 4.33. The number of rotatable bonds is 4. The fraction of sp³-hybridized carbons (Fsp3) is 0. The minimum atomic E-state index is -0.688. The standard InChI is InChI=1S/C14H10N4O3S/c15-14(20)17-10-5-11(9-3-1-2-8(4-9)6-19)22-12(10)13-18-16-7-21-13/h1-7H,(H3,15,17,20). The zero-order valence-electron chi connectivity index (χ0n) is 11.1. The highest BCUT2D eigenvalue weighted by Crippen LogP contribution is 2.40. The number of hydrogen-bond acceptors (Lipinski definition) is 6. The Labute approximate surface area is 128 Å². The number of amides is 2. The van der Waals surface area contributed by atoms with E-state index in [0.717, 1.165) is 16.7 Å². The van der Waals surface area contributed by atoms with Gasteiger partial charge in [0.1, 0.15) is 11.2 Å². The van der Waals surface area contributed by atoms with Gasteiger partial charge >= 0.3 is 6.03 Å². The molecule has 0 spiro atoms. The topological polar surface area (TPSA) is 111 Å². The van der Waals surface area contributed by atoms with Gasteiger partial charge in [0.05, 0.1) is 5.69 Å². The van der Waals surface area contributed by atoms with Crippen molar-refractivity contribution in [2.75, 3.05) is 5.32 Å². The van der Waals surface area contributed by atoms with E-state index >= 15 is 0 Å². The van der Waals surface area contributed by atoms with Crippen molar-refractivity contribution in [1.29, 1.82) is 0 Å². The summed E-state index contributed by atoms with van der Waals surface area (Å²) in [7, 11) is 0. The molecule has 2 amide bonds. The van der Waals surface area contributed by atoms with Crippen LogP contribution in [-0.2, 0) is 0 Å². The number of nitrogens with two attached hydrogens (primary N) is 1. The van der Waals surface area contributed by atoms with Gasteiger partial charge < -0.3 is 15.5 Å². The molecule has 8 heteroatoms. The number of carbonyl (C=O) groups excluding carboxylic acids is 2. The Morgan fingerprint density at radius 2 is 2.23 bits per heavy atom. The third-order valence-corrected chi connectivity index (χ3v) is 4.02. The molecule has 0 unspecified atom stereocenters. The maximum absolute atomic E-state index is 11.1. The maximum atomic E-state index is 11.1. The predicted molar refractivity (Wildman–Crippen MR) is 81.6 cm³/mol. The fourth-order valence-corrected chi connectivity index (χ4v) is 2.99. The number of thiophene rings is 1. The summed E-state index contributed by atoms with van der Waals surface area (Å²) in [4.78, 5) is 23.5. The molecule has 2 aromatic heterocycles. The molecule has 3 aromatic rings. The molecular weight excluding hydrogens is 304 g/mol. The van der Waals surface area contributed by atoms with E-state index in [1.165, 1.54) is 17.7 Å². The Kier molecular flexibility index (Phi) is 3.67. The Balaban J connectivity index is 2.09. The summed E-state index contributed by atoms with van der Waals surface area (Å²) in [6.07, 6.45) is 1.98. The van der Waals surface area contributed by atoms with Crippen LogP contribution in [0.2, 0.25) is 0 Å². The first-order chi connectivity index (χ1) is 10.7. The highest BCUT2D eigenvalue weighted by Gasteiger charge is 2.17. The van der Waals surface area contributed by atoms with E-state index in [1.54, 1.807) is 24.3 Å². The molecule has 3 rings (SSSR count). The van der Waals surface area contributed by atoms with Crippen molar-refractivity contribution in [2.45, 2.75) is 0 Å². The number of hydrogen-bond donors (Lipinski definition) is 2. The molecule has 0 saturated carbocycles. The second kappa shape index (κ2) is 5.78. The number of anilines is 1. The molecule has 2 heterocycles. The third kappa shape index (κ3) is 2.72. The normalized spacial score (nSPS) is 10.4. The summed E-state index contributed by atoms with van der Waals surface area (Å²) in [5.74, 6) is 0.284. The van der Waals surface area contributed by atoms with Gasteiger partial charge in [-0.05, 0) is 17.7 Å². The molecule has 3 N–H and O–H groups in total. The molecule has 0 saturated heterocycles. The van der Waals surface area contributed by atoms with Gasteiger partial charge in [0, 0.05) is 10.4 Å². The van der Waals surface area contributed by atoms with Crippen LogP contribution >= 0.6 is 11.3 Å². The number of aldehydes is 1. The van der Waals surface area contributed by atoms with Gasteiger partial charge in [0.15, 0.2) is 0 Å². The minimum Gasteiger partial charge on any atom is -0.423 e. The van der Waals surface area contributed by atoms with Crippen LogP contribution in [0.4, 0.5) is 10.5 Å². The molecule has 0 aliphatic carbocycles. The van der Waals surface area contributed by atoms with Gasteiger partial charge in [-0.15, -0.1) is 21.5 Å². The van der Waals surface area contributed by atoms with E-state index in [9.17, 15) is 9.59 Å². The fourth-order valence-electron chi connectivity index (χ4n) is 1.95. The number of carbonyl (C=O) groups is 2. The first-order valence-corrected chi connectivity index (χ1v) is 7.01. The Bertz CT molecular complexity index is 826. The van der Waals surface area contributed by atoms with Crippen LogP contribution in [-0.4, -0.2) is 22.5 Å². The van der Waals surface area contributed by atoms with Crippen LogP contribution in [0.25, 0.3) is 21.2 Å². The average molecular weight is 314 g/mol. The third-order valence-electron chi connectivity index (χ3n) is 2.85. The van der Waals surface area contributed by atoms with Crippen molar-refractivity contribution in [3.05, 3.63) is 42.3 Å². The van der Waals surface area contributed by atoms with Gasteiger partial charge in [-0.2, -0.15) is 0 Å². The summed E-state index contributed by atoms with van der Waals surface area (Å²) in [6, 6.07) is 8.18. The summed E-state index contributed by atoms with van der Waals surface area (Å²) in [5.41, 5.74) is 7.07. The van der Waals surface area contributed by atoms with Gasteiger partial charge in [-0.3, -0.25) is 4.79 Å². The summed E-state index contributed by atoms with van der Waals surface area (Å²) < 4.78 is 5.18. The monoisotopic (exact) mass is 314 g/mol. The maximum Gasteiger partial charge on any atom is 0.316 e. The van der Waals surface area contributed by atoms with Gasteiger partial charge in [0.25, 0.3) is 5.89 Å². The second-order valence-corrected chi connectivity index (χ2v) is 5.38. The Hall–Kier alpha value is -3.00. The van der Waals surface area contributed by atoms with Crippen LogP contribution in [0.15, 0.2) is 41.1 Å². The molecular formula is C14H10N4O3S. The van der Waals surface area contributed by atoms with Crippen molar-refractivity contribution in [2.24, 2.45) is 5.73 Å². The lowest BCUT2D eigenvalue weighted by atomic mass is 10.1. The summed E-state index contributed by atoms with van der Waals surface area (Å²) in [5, 5.41) is 10.0. The molecule has 1 aromatic carbocycles. The molecule has 0 aliphatic heterocycles. The number of urea groups is 1. The number of benzene rings is 1. The number of primary amides is 1. The van der Waals surface area contributed by atoms with Crippen LogP contribution in [0, 0.1) is 0 Å². The first kappa shape index (κ1) is 14.0. The molecule has 0 radical (unpaired) electrons. The van der Waals surface area contributed by atoms with Crippen LogP contribution in [0.1, 0.15) is 10.4 Å². The van der Waals surface area contributed by atoms with Gasteiger partial charge in [-0.25, -0.2) is 4.79 Å². The van der Waals surface area contributed by atoms with Gasteiger partial charge in [-0.1, -0.05) is 18.2 Å². The predicted octanol–water partition coefficient (Wildman–Crippen LogP) is 2.77. The smallest absolute Gasteiger partial charge is 0.316 e. The number of nitrogens with one attached hydrogen (secondary N) is 1. The lowest BCUT2D eigenvalue weighted by Crippen LogP contribution is -2.19. The largest absolute Gasteiger partial charge is 0.423 e. The zero-order valence-corrected chi connectivity index (χ0v) is 12.0. The van der Waals surface area contributed by atoms with Crippen LogP contribution in [0.5, 0.6) is 0 Å². The number of aromatic nitrogens is 2. The summed E-state index contributed by atoms with van der Waals surface area (Å²) in [6.45, 7) is 0. The van der Waals surface area contributed by atoms with Crippen molar-refractivity contribution in [1.82, 2.24) is 10.2 Å². The van der Waals surface area contributed by atoms with E-state index in [4.69, 9.17) is 10.2 Å². The highest BCUT2D eigenvalue weighted by atomic mass is 32.1. The molecule has 0 aliphatic rings. The number of nitrogens with zero attached hydrogens (tertiary/aromatic N) is 2. The van der Waals surface area contributed by atoms with E-state index in [2.05, 4.69) is 15.5 Å². The molecule has 110 valence electrons. The molecule has 0 atom stereocenters. The summed E-state index contributed by atoms with van der Waals surface area (Å²) >= 11 is 1.35. The van der Waals surface area contributed by atoms with E-state index in [0.29, 0.717) is 16.1 Å².